The Bertz CT molecular complexity index is 272. The second-order valence-electron chi connectivity index (χ2n) is 4.75. The lowest BCUT2D eigenvalue weighted by atomic mass is 9.66. The Morgan fingerprint density at radius 1 is 1.50 bits per heavy atom. The molecule has 0 aliphatic heterocycles. The van der Waals surface area contributed by atoms with Gasteiger partial charge in [0, 0.05) is 5.41 Å². The molecule has 1 spiro atoms. The van der Waals surface area contributed by atoms with Crippen molar-refractivity contribution < 1.29 is 0 Å². The molecular formula is C12H16. The van der Waals surface area contributed by atoms with E-state index in [1.54, 1.807) is 5.57 Å². The Balaban J connectivity index is 2.07. The van der Waals surface area contributed by atoms with Gasteiger partial charge in [-0.15, -0.1) is 0 Å². The summed E-state index contributed by atoms with van der Waals surface area (Å²) in [5.74, 6) is 1.71. The third kappa shape index (κ3) is 0.646. The normalized spacial score (nSPS) is 49.2. The first-order valence-corrected chi connectivity index (χ1v) is 5.22. The first-order valence-electron chi connectivity index (χ1n) is 5.22. The van der Waals surface area contributed by atoms with Crippen LogP contribution < -0.4 is 0 Å². The predicted octanol–water partition coefficient (Wildman–Crippen LogP) is 3.31. The molecule has 0 nitrogen and oxygen atoms in total. The summed E-state index contributed by atoms with van der Waals surface area (Å²) < 4.78 is 0. The van der Waals surface area contributed by atoms with Gasteiger partial charge >= 0.3 is 0 Å². The van der Waals surface area contributed by atoms with Crippen LogP contribution in [0, 0.1) is 17.3 Å². The van der Waals surface area contributed by atoms with Crippen LogP contribution in [0.15, 0.2) is 23.8 Å². The first kappa shape index (κ1) is 6.94. The highest BCUT2D eigenvalue weighted by molar-refractivity contribution is 5.38. The summed E-state index contributed by atoms with van der Waals surface area (Å²) in [5, 5.41) is 0. The maximum atomic E-state index is 2.54. The highest BCUT2D eigenvalue weighted by atomic mass is 14.5. The van der Waals surface area contributed by atoms with Crippen molar-refractivity contribution in [1.29, 1.82) is 0 Å². The van der Waals surface area contributed by atoms with Gasteiger partial charge in [0.25, 0.3) is 0 Å². The van der Waals surface area contributed by atoms with Gasteiger partial charge in [0.05, 0.1) is 0 Å². The Labute approximate surface area is 74.4 Å². The quantitative estimate of drug-likeness (QED) is 0.477. The van der Waals surface area contributed by atoms with Crippen LogP contribution in [-0.4, -0.2) is 0 Å². The fourth-order valence-electron chi connectivity index (χ4n) is 3.44. The topological polar surface area (TPSA) is 0 Å². The van der Waals surface area contributed by atoms with E-state index in [0.717, 1.165) is 11.8 Å². The molecule has 0 N–H and O–H groups in total. The SMILES string of the molecule is C[C@H]1CCCC2=C[C@@H]3C=C[C@@]21C3. The molecule has 0 heterocycles. The number of allylic oxidation sites excluding steroid dienone is 4. The molecule has 0 unspecified atom stereocenters. The highest BCUT2D eigenvalue weighted by Gasteiger charge is 2.47. The molecule has 0 amide bonds. The number of hydrogen-bond acceptors (Lipinski definition) is 0. The molecule has 0 aromatic heterocycles. The van der Waals surface area contributed by atoms with E-state index < -0.39 is 0 Å². The molecule has 3 rings (SSSR count). The van der Waals surface area contributed by atoms with E-state index in [1.807, 2.05) is 0 Å². The van der Waals surface area contributed by atoms with Crippen molar-refractivity contribution in [2.75, 3.05) is 0 Å². The summed E-state index contributed by atoms with van der Waals surface area (Å²) >= 11 is 0. The van der Waals surface area contributed by atoms with Gasteiger partial charge < -0.3 is 0 Å². The van der Waals surface area contributed by atoms with Crippen molar-refractivity contribution >= 4 is 0 Å². The van der Waals surface area contributed by atoms with E-state index in [9.17, 15) is 0 Å². The maximum Gasteiger partial charge on any atom is 0.0125 e. The largest absolute Gasteiger partial charge is 0.0807 e. The van der Waals surface area contributed by atoms with E-state index in [1.165, 1.54) is 25.7 Å². The van der Waals surface area contributed by atoms with Crippen molar-refractivity contribution in [3.8, 4) is 0 Å². The number of hydrogen-bond donors (Lipinski definition) is 0. The first-order chi connectivity index (χ1) is 5.81. The molecule has 64 valence electrons. The third-order valence-corrected chi connectivity index (χ3v) is 4.19. The van der Waals surface area contributed by atoms with Gasteiger partial charge in [-0.25, -0.2) is 0 Å². The van der Waals surface area contributed by atoms with E-state index in [4.69, 9.17) is 0 Å². The van der Waals surface area contributed by atoms with Crippen LogP contribution in [-0.2, 0) is 0 Å². The van der Waals surface area contributed by atoms with Gasteiger partial charge in [0.15, 0.2) is 0 Å². The minimum Gasteiger partial charge on any atom is -0.0807 e. The fraction of sp³-hybridized carbons (Fsp3) is 0.667. The smallest absolute Gasteiger partial charge is 0.0125 e. The van der Waals surface area contributed by atoms with Crippen molar-refractivity contribution in [2.45, 2.75) is 32.6 Å². The fourth-order valence-corrected chi connectivity index (χ4v) is 3.44. The van der Waals surface area contributed by atoms with Crippen LogP contribution in [0.5, 0.6) is 0 Å². The van der Waals surface area contributed by atoms with Gasteiger partial charge in [-0.05, 0) is 37.5 Å². The molecule has 3 atom stereocenters. The molecule has 0 heteroatoms. The summed E-state index contributed by atoms with van der Waals surface area (Å²) in [6.07, 6.45) is 13.1. The second-order valence-corrected chi connectivity index (χ2v) is 4.75. The summed E-state index contributed by atoms with van der Waals surface area (Å²) in [5.41, 5.74) is 2.32. The van der Waals surface area contributed by atoms with E-state index in [0.29, 0.717) is 5.41 Å². The van der Waals surface area contributed by atoms with Crippen LogP contribution >= 0.6 is 0 Å². The molecule has 3 aliphatic carbocycles. The van der Waals surface area contributed by atoms with Gasteiger partial charge in [-0.3, -0.25) is 0 Å². The van der Waals surface area contributed by atoms with Crippen LogP contribution in [0.2, 0.25) is 0 Å². The van der Waals surface area contributed by atoms with E-state index in [2.05, 4.69) is 25.2 Å². The average molecular weight is 160 g/mol. The van der Waals surface area contributed by atoms with Gasteiger partial charge in [0.1, 0.15) is 0 Å². The van der Waals surface area contributed by atoms with E-state index >= 15 is 0 Å². The molecule has 0 saturated heterocycles. The molecule has 2 bridgehead atoms. The molecule has 1 saturated carbocycles. The van der Waals surface area contributed by atoms with E-state index in [-0.39, 0.29) is 0 Å². The summed E-state index contributed by atoms with van der Waals surface area (Å²) in [4.78, 5) is 0. The minimum atomic E-state index is 0.545. The summed E-state index contributed by atoms with van der Waals surface area (Å²) in [7, 11) is 0. The molecule has 0 aromatic rings. The summed E-state index contributed by atoms with van der Waals surface area (Å²) in [6.45, 7) is 2.44. The van der Waals surface area contributed by atoms with Crippen LogP contribution in [0.3, 0.4) is 0 Å². The second kappa shape index (κ2) is 2.04. The van der Waals surface area contributed by atoms with Crippen molar-refractivity contribution in [3.05, 3.63) is 23.8 Å². The van der Waals surface area contributed by atoms with Gasteiger partial charge in [-0.2, -0.15) is 0 Å². The molecular weight excluding hydrogens is 144 g/mol. The van der Waals surface area contributed by atoms with Crippen molar-refractivity contribution in [1.82, 2.24) is 0 Å². The standard InChI is InChI=1S/C12H16/c1-9-3-2-4-11-7-10-5-6-12(9,11)8-10/h5-7,9-10H,2-4,8H2,1H3/t9-,10-,12-/m0/s1. The lowest BCUT2D eigenvalue weighted by molar-refractivity contribution is 0.243. The van der Waals surface area contributed by atoms with Gasteiger partial charge in [-0.1, -0.05) is 30.7 Å². The van der Waals surface area contributed by atoms with Crippen molar-refractivity contribution in [2.24, 2.45) is 17.3 Å². The van der Waals surface area contributed by atoms with Crippen LogP contribution in [0.25, 0.3) is 0 Å². The highest BCUT2D eigenvalue weighted by Crippen LogP contribution is 2.58. The molecule has 1 fully saturated rings. The zero-order valence-corrected chi connectivity index (χ0v) is 7.72. The monoisotopic (exact) mass is 160 g/mol. The van der Waals surface area contributed by atoms with Crippen LogP contribution in [0.4, 0.5) is 0 Å². The van der Waals surface area contributed by atoms with Gasteiger partial charge in [0.2, 0.25) is 0 Å². The zero-order chi connectivity index (χ0) is 8.18. The lowest BCUT2D eigenvalue weighted by Crippen LogP contribution is -2.28. The Kier molecular flexibility index (Phi) is 1.18. The minimum absolute atomic E-state index is 0.545. The lowest BCUT2D eigenvalue weighted by Gasteiger charge is -2.39. The maximum absolute atomic E-state index is 2.54. The molecule has 0 radical (unpaired) electrons. The molecule has 12 heavy (non-hydrogen) atoms. The average Bonchev–Trinajstić information content (AvgIpc) is 2.61. The van der Waals surface area contributed by atoms with Crippen molar-refractivity contribution in [3.63, 3.8) is 0 Å². The van der Waals surface area contributed by atoms with Crippen LogP contribution in [0.1, 0.15) is 32.6 Å². The molecule has 3 aliphatic rings. The number of fused-ring (bicyclic) bond motifs is 1. The zero-order valence-electron chi connectivity index (χ0n) is 7.72. The predicted molar refractivity (Wildman–Crippen MR) is 50.8 cm³/mol. The number of rotatable bonds is 0. The Morgan fingerprint density at radius 2 is 2.42 bits per heavy atom. The summed E-state index contributed by atoms with van der Waals surface area (Å²) in [6, 6.07) is 0. The molecule has 0 aromatic carbocycles. The Hall–Kier alpha value is -0.520. The third-order valence-electron chi connectivity index (χ3n) is 4.19. The Morgan fingerprint density at radius 3 is 3.17 bits per heavy atom.